The van der Waals surface area contributed by atoms with Gasteiger partial charge in [-0.25, -0.2) is 13.2 Å². The number of carbonyl (C=O) groups excluding carboxylic acids is 2. The van der Waals surface area contributed by atoms with Gasteiger partial charge >= 0.3 is 5.97 Å². The van der Waals surface area contributed by atoms with Gasteiger partial charge in [0, 0.05) is 43.1 Å². The lowest BCUT2D eigenvalue weighted by molar-refractivity contribution is -0.120. The van der Waals surface area contributed by atoms with Crippen LogP contribution in [0.15, 0.2) is 35.2 Å². The van der Waals surface area contributed by atoms with E-state index in [0.717, 1.165) is 5.69 Å². The van der Waals surface area contributed by atoms with E-state index in [1.807, 2.05) is 30.3 Å². The van der Waals surface area contributed by atoms with E-state index >= 15 is 0 Å². The standard InChI is InChI=1S/C22H29N3O5S/c1-5-30-22(27)19-15(2)24(4)16(3)20(19)31(28,29)25-13-11-17(12-14-25)21(26)23-18-9-7-6-8-10-18/h6-10,17H,5,11-14H2,1-4H3,(H,23,26). The molecule has 2 heterocycles. The summed E-state index contributed by atoms with van der Waals surface area (Å²) >= 11 is 0. The number of nitrogens with one attached hydrogen (secondary N) is 1. The Hall–Kier alpha value is -2.65. The largest absolute Gasteiger partial charge is 0.462 e. The summed E-state index contributed by atoms with van der Waals surface area (Å²) in [6, 6.07) is 9.19. The van der Waals surface area contributed by atoms with E-state index in [2.05, 4.69) is 5.32 Å². The highest BCUT2D eigenvalue weighted by atomic mass is 32.2. The fourth-order valence-corrected chi connectivity index (χ4v) is 5.88. The highest BCUT2D eigenvalue weighted by molar-refractivity contribution is 7.89. The number of amides is 1. The van der Waals surface area contributed by atoms with E-state index in [4.69, 9.17) is 4.74 Å². The van der Waals surface area contributed by atoms with Crippen LogP contribution in [0.1, 0.15) is 41.5 Å². The lowest BCUT2D eigenvalue weighted by Gasteiger charge is -2.30. The highest BCUT2D eigenvalue weighted by Gasteiger charge is 2.38. The number of piperidine rings is 1. The van der Waals surface area contributed by atoms with Crippen LogP contribution in [0.3, 0.4) is 0 Å². The Labute approximate surface area is 183 Å². The molecule has 0 bridgehead atoms. The Balaban J connectivity index is 1.78. The van der Waals surface area contributed by atoms with Gasteiger partial charge in [0.1, 0.15) is 10.5 Å². The van der Waals surface area contributed by atoms with Crippen molar-refractivity contribution in [2.75, 3.05) is 25.0 Å². The van der Waals surface area contributed by atoms with Crippen LogP contribution in [0.2, 0.25) is 0 Å². The number of hydrogen-bond donors (Lipinski definition) is 1. The Kier molecular flexibility index (Phi) is 6.86. The van der Waals surface area contributed by atoms with Crippen molar-refractivity contribution in [2.24, 2.45) is 13.0 Å². The van der Waals surface area contributed by atoms with Crippen molar-refractivity contribution in [3.8, 4) is 0 Å². The average molecular weight is 448 g/mol. The van der Waals surface area contributed by atoms with E-state index in [1.165, 1.54) is 4.31 Å². The number of hydrogen-bond acceptors (Lipinski definition) is 5. The fourth-order valence-electron chi connectivity index (χ4n) is 3.93. The lowest BCUT2D eigenvalue weighted by Crippen LogP contribution is -2.41. The van der Waals surface area contributed by atoms with Crippen LogP contribution in [0, 0.1) is 19.8 Å². The first-order chi connectivity index (χ1) is 14.7. The number of carbonyl (C=O) groups is 2. The summed E-state index contributed by atoms with van der Waals surface area (Å²) in [7, 11) is -2.19. The molecule has 9 heteroatoms. The van der Waals surface area contributed by atoms with E-state index in [1.54, 1.807) is 32.4 Å². The van der Waals surface area contributed by atoms with Gasteiger partial charge in [-0.15, -0.1) is 0 Å². The van der Waals surface area contributed by atoms with E-state index < -0.39 is 16.0 Å². The van der Waals surface area contributed by atoms with Crippen molar-refractivity contribution in [3.63, 3.8) is 0 Å². The number of para-hydroxylation sites is 1. The summed E-state index contributed by atoms with van der Waals surface area (Å²) in [5.41, 5.74) is 1.85. The molecule has 1 N–H and O–H groups in total. The summed E-state index contributed by atoms with van der Waals surface area (Å²) in [5.74, 6) is -1.02. The third-order valence-corrected chi connectivity index (χ3v) is 7.93. The van der Waals surface area contributed by atoms with Gasteiger partial charge in [0.2, 0.25) is 15.9 Å². The molecular weight excluding hydrogens is 418 g/mol. The predicted octanol–water partition coefficient (Wildman–Crippen LogP) is 2.86. The smallest absolute Gasteiger partial charge is 0.341 e. The van der Waals surface area contributed by atoms with Gasteiger partial charge in [0.15, 0.2) is 0 Å². The van der Waals surface area contributed by atoms with E-state index in [0.29, 0.717) is 24.2 Å². The van der Waals surface area contributed by atoms with E-state index in [9.17, 15) is 18.0 Å². The maximum absolute atomic E-state index is 13.5. The molecular formula is C22H29N3O5S. The first kappa shape index (κ1) is 23.0. The van der Waals surface area contributed by atoms with Gasteiger partial charge in [-0.3, -0.25) is 4.79 Å². The third kappa shape index (κ3) is 4.52. The Bertz CT molecular complexity index is 1070. The number of ether oxygens (including phenoxy) is 1. The van der Waals surface area contributed by atoms with Crippen LogP contribution < -0.4 is 5.32 Å². The molecule has 0 saturated carbocycles. The molecule has 168 valence electrons. The quantitative estimate of drug-likeness (QED) is 0.687. The summed E-state index contributed by atoms with van der Waals surface area (Å²) in [6.07, 6.45) is 0.828. The molecule has 0 aliphatic carbocycles. The first-order valence-corrected chi connectivity index (χ1v) is 11.8. The molecule has 1 saturated heterocycles. The predicted molar refractivity (Wildman–Crippen MR) is 117 cm³/mol. The molecule has 0 radical (unpaired) electrons. The molecule has 0 unspecified atom stereocenters. The fraction of sp³-hybridized carbons (Fsp3) is 0.455. The van der Waals surface area contributed by atoms with Crippen molar-refractivity contribution < 1.29 is 22.7 Å². The molecule has 1 aliphatic rings. The first-order valence-electron chi connectivity index (χ1n) is 10.4. The highest BCUT2D eigenvalue weighted by Crippen LogP contribution is 2.32. The van der Waals surface area contributed by atoms with Gasteiger partial charge in [0.25, 0.3) is 0 Å². The second-order valence-electron chi connectivity index (χ2n) is 7.69. The second kappa shape index (κ2) is 9.23. The summed E-state index contributed by atoms with van der Waals surface area (Å²) < 4.78 is 35.1. The maximum Gasteiger partial charge on any atom is 0.341 e. The zero-order chi connectivity index (χ0) is 22.8. The molecule has 3 rings (SSSR count). The Morgan fingerprint density at radius 2 is 1.71 bits per heavy atom. The molecule has 0 spiro atoms. The second-order valence-corrected chi connectivity index (χ2v) is 9.56. The number of rotatable bonds is 6. The molecule has 1 aromatic heterocycles. The van der Waals surface area contributed by atoms with Gasteiger partial charge in [-0.1, -0.05) is 18.2 Å². The van der Waals surface area contributed by atoms with Crippen LogP contribution in [0.5, 0.6) is 0 Å². The number of sulfonamides is 1. The number of aromatic nitrogens is 1. The van der Waals surface area contributed by atoms with Crippen LogP contribution >= 0.6 is 0 Å². The minimum atomic E-state index is -3.92. The van der Waals surface area contributed by atoms with Gasteiger partial charge in [-0.05, 0) is 45.7 Å². The number of esters is 1. The molecule has 2 aromatic rings. The number of nitrogens with zero attached hydrogens (tertiary/aromatic N) is 2. The van der Waals surface area contributed by atoms with Crippen LogP contribution in [0.25, 0.3) is 0 Å². The molecule has 1 aliphatic heterocycles. The molecule has 1 fully saturated rings. The topological polar surface area (TPSA) is 97.7 Å². The third-order valence-electron chi connectivity index (χ3n) is 5.87. The van der Waals surface area contributed by atoms with Crippen molar-refractivity contribution >= 4 is 27.6 Å². The average Bonchev–Trinajstić information content (AvgIpc) is 2.99. The molecule has 1 amide bonds. The summed E-state index contributed by atoms with van der Waals surface area (Å²) in [4.78, 5) is 25.1. The minimum Gasteiger partial charge on any atom is -0.462 e. The maximum atomic E-state index is 13.5. The van der Waals surface area contributed by atoms with Gasteiger partial charge in [0.05, 0.1) is 6.61 Å². The summed E-state index contributed by atoms with van der Waals surface area (Å²) in [6.45, 7) is 5.66. The van der Waals surface area contributed by atoms with Crippen molar-refractivity contribution in [1.82, 2.24) is 8.87 Å². The normalized spacial score (nSPS) is 15.6. The monoisotopic (exact) mass is 447 g/mol. The lowest BCUT2D eigenvalue weighted by atomic mass is 9.97. The molecule has 31 heavy (non-hydrogen) atoms. The van der Waals surface area contributed by atoms with E-state index in [-0.39, 0.29) is 42.0 Å². The van der Waals surface area contributed by atoms with Crippen molar-refractivity contribution in [1.29, 1.82) is 0 Å². The van der Waals surface area contributed by atoms with Gasteiger partial charge in [-0.2, -0.15) is 4.31 Å². The zero-order valence-electron chi connectivity index (χ0n) is 18.3. The molecule has 0 atom stereocenters. The van der Waals surface area contributed by atoms with Crippen LogP contribution in [-0.2, 0) is 26.6 Å². The molecule has 1 aromatic carbocycles. The number of benzene rings is 1. The minimum absolute atomic E-state index is 0.00172. The van der Waals surface area contributed by atoms with Crippen LogP contribution in [0.4, 0.5) is 5.69 Å². The van der Waals surface area contributed by atoms with Gasteiger partial charge < -0.3 is 14.6 Å². The summed E-state index contributed by atoms with van der Waals surface area (Å²) in [5, 5.41) is 2.88. The van der Waals surface area contributed by atoms with Crippen molar-refractivity contribution in [2.45, 2.75) is 38.5 Å². The Morgan fingerprint density at radius 1 is 1.10 bits per heavy atom. The number of anilines is 1. The van der Waals surface area contributed by atoms with Crippen molar-refractivity contribution in [3.05, 3.63) is 47.3 Å². The molecule has 8 nitrogen and oxygen atoms in total. The SMILES string of the molecule is CCOC(=O)c1c(S(=O)(=O)N2CCC(C(=O)Nc3ccccc3)CC2)c(C)n(C)c1C. The Morgan fingerprint density at radius 3 is 2.29 bits per heavy atom. The van der Waals surface area contributed by atoms with Crippen LogP contribution in [-0.4, -0.2) is 48.9 Å². The zero-order valence-corrected chi connectivity index (χ0v) is 19.2.